The highest BCUT2D eigenvalue weighted by atomic mass is 32.2. The molecule has 0 aromatic heterocycles. The number of nitrogens with one attached hydrogen (secondary N) is 1. The quantitative estimate of drug-likeness (QED) is 0.811. The third-order valence-corrected chi connectivity index (χ3v) is 5.36. The summed E-state index contributed by atoms with van der Waals surface area (Å²) in [5, 5.41) is 0. The second kappa shape index (κ2) is 4.85. The molecule has 3 N–H and O–H groups in total. The predicted molar refractivity (Wildman–Crippen MR) is 79.4 cm³/mol. The van der Waals surface area contributed by atoms with Gasteiger partial charge in [0, 0.05) is 12.1 Å². The average Bonchev–Trinajstić information content (AvgIpc) is 2.95. The fraction of sp³-hybridized carbons (Fsp3) is 0.462. The van der Waals surface area contributed by atoms with Crippen molar-refractivity contribution in [2.75, 3.05) is 6.54 Å². The molecule has 1 atom stereocenters. The summed E-state index contributed by atoms with van der Waals surface area (Å²) in [6, 6.07) is 6.29. The normalized spacial score (nSPS) is 21.1. The Morgan fingerprint density at radius 3 is 2.37 bits per heavy atom. The first-order chi connectivity index (χ1) is 8.72. The maximum Gasteiger partial charge on any atom is 0.240 e. The van der Waals surface area contributed by atoms with Gasteiger partial charge in [-0.3, -0.25) is 0 Å². The molecular weight excluding hydrogens is 280 g/mol. The molecule has 0 radical (unpaired) electrons. The minimum Gasteiger partial charge on any atom is -0.389 e. The molecule has 6 heteroatoms. The van der Waals surface area contributed by atoms with Crippen molar-refractivity contribution in [3.63, 3.8) is 0 Å². The summed E-state index contributed by atoms with van der Waals surface area (Å²) >= 11 is 4.83. The molecule has 1 aromatic carbocycles. The van der Waals surface area contributed by atoms with Gasteiger partial charge in [-0.15, -0.1) is 0 Å². The molecule has 2 rings (SSSR count). The number of benzene rings is 1. The maximum absolute atomic E-state index is 12.1. The van der Waals surface area contributed by atoms with Gasteiger partial charge in [-0.1, -0.05) is 38.2 Å². The molecule has 0 heterocycles. The van der Waals surface area contributed by atoms with Gasteiger partial charge in [-0.25, -0.2) is 13.1 Å². The molecule has 0 amide bonds. The highest BCUT2D eigenvalue weighted by molar-refractivity contribution is 7.89. The SMILES string of the molecule is CC1(C)CC1CNS(=O)(=O)c1ccc(C(N)=S)cc1. The van der Waals surface area contributed by atoms with Crippen LogP contribution in [0.1, 0.15) is 25.8 Å². The molecule has 0 spiro atoms. The summed E-state index contributed by atoms with van der Waals surface area (Å²) in [6.07, 6.45) is 1.07. The van der Waals surface area contributed by atoms with Crippen molar-refractivity contribution in [1.29, 1.82) is 0 Å². The van der Waals surface area contributed by atoms with E-state index >= 15 is 0 Å². The van der Waals surface area contributed by atoms with E-state index in [1.54, 1.807) is 12.1 Å². The Bertz CT molecular complexity index is 592. The van der Waals surface area contributed by atoms with Crippen molar-refractivity contribution in [1.82, 2.24) is 4.72 Å². The van der Waals surface area contributed by atoms with E-state index in [9.17, 15) is 8.42 Å². The Balaban J connectivity index is 2.05. The van der Waals surface area contributed by atoms with Crippen LogP contribution >= 0.6 is 12.2 Å². The zero-order valence-electron chi connectivity index (χ0n) is 11.0. The number of hydrogen-bond donors (Lipinski definition) is 2. The van der Waals surface area contributed by atoms with Crippen LogP contribution < -0.4 is 10.5 Å². The maximum atomic E-state index is 12.1. The summed E-state index contributed by atoms with van der Waals surface area (Å²) in [5.41, 5.74) is 6.40. The Morgan fingerprint density at radius 2 is 1.95 bits per heavy atom. The number of rotatable bonds is 5. The molecule has 1 aliphatic rings. The van der Waals surface area contributed by atoms with Crippen LogP contribution in [0.4, 0.5) is 0 Å². The van der Waals surface area contributed by atoms with Crippen LogP contribution in [0.3, 0.4) is 0 Å². The van der Waals surface area contributed by atoms with Gasteiger partial charge in [0.2, 0.25) is 10.0 Å². The first kappa shape index (κ1) is 14.4. The second-order valence-corrected chi connectivity index (χ2v) is 7.84. The Labute approximate surface area is 119 Å². The molecule has 104 valence electrons. The summed E-state index contributed by atoms with van der Waals surface area (Å²) in [6.45, 7) is 4.78. The molecule has 0 bridgehead atoms. The molecule has 1 unspecified atom stereocenters. The summed E-state index contributed by atoms with van der Waals surface area (Å²) in [5.74, 6) is 0.429. The van der Waals surface area contributed by atoms with Crippen LogP contribution in [0.5, 0.6) is 0 Å². The lowest BCUT2D eigenvalue weighted by Crippen LogP contribution is -2.27. The van der Waals surface area contributed by atoms with E-state index in [0.29, 0.717) is 18.0 Å². The minimum absolute atomic E-state index is 0.242. The van der Waals surface area contributed by atoms with Gasteiger partial charge in [0.15, 0.2) is 0 Å². The average molecular weight is 298 g/mol. The van der Waals surface area contributed by atoms with Gasteiger partial charge in [0.05, 0.1) is 4.90 Å². The van der Waals surface area contributed by atoms with E-state index in [2.05, 4.69) is 18.6 Å². The van der Waals surface area contributed by atoms with Crippen LogP contribution in [0.15, 0.2) is 29.2 Å². The zero-order valence-corrected chi connectivity index (χ0v) is 12.6. The van der Waals surface area contributed by atoms with E-state index in [4.69, 9.17) is 18.0 Å². The van der Waals surface area contributed by atoms with E-state index in [1.165, 1.54) is 12.1 Å². The Morgan fingerprint density at radius 1 is 1.42 bits per heavy atom. The zero-order chi connectivity index (χ0) is 14.3. The van der Waals surface area contributed by atoms with E-state index in [-0.39, 0.29) is 15.3 Å². The molecule has 0 saturated heterocycles. The second-order valence-electron chi connectivity index (χ2n) is 5.63. The van der Waals surface area contributed by atoms with Crippen LogP contribution in [0, 0.1) is 11.3 Å². The van der Waals surface area contributed by atoms with Gasteiger partial charge in [0.25, 0.3) is 0 Å². The van der Waals surface area contributed by atoms with Crippen molar-refractivity contribution in [3.8, 4) is 0 Å². The van der Waals surface area contributed by atoms with E-state index < -0.39 is 10.0 Å². The molecular formula is C13H18N2O2S2. The van der Waals surface area contributed by atoms with Crippen LogP contribution in [0.2, 0.25) is 0 Å². The number of hydrogen-bond acceptors (Lipinski definition) is 3. The highest BCUT2D eigenvalue weighted by Gasteiger charge is 2.45. The number of sulfonamides is 1. The third-order valence-electron chi connectivity index (χ3n) is 3.69. The fourth-order valence-corrected chi connectivity index (χ4v) is 3.23. The third kappa shape index (κ3) is 3.32. The summed E-state index contributed by atoms with van der Waals surface area (Å²) < 4.78 is 26.8. The molecule has 1 aromatic rings. The van der Waals surface area contributed by atoms with Gasteiger partial charge in [-0.05, 0) is 29.9 Å². The van der Waals surface area contributed by atoms with Gasteiger partial charge in [0.1, 0.15) is 4.99 Å². The van der Waals surface area contributed by atoms with E-state index in [0.717, 1.165) is 6.42 Å². The number of nitrogens with two attached hydrogens (primary N) is 1. The van der Waals surface area contributed by atoms with Crippen molar-refractivity contribution in [2.45, 2.75) is 25.2 Å². The molecule has 19 heavy (non-hydrogen) atoms. The first-order valence-electron chi connectivity index (χ1n) is 6.12. The summed E-state index contributed by atoms with van der Waals surface area (Å²) in [7, 11) is -3.44. The molecule has 4 nitrogen and oxygen atoms in total. The lowest BCUT2D eigenvalue weighted by atomic mass is 10.1. The lowest BCUT2D eigenvalue weighted by Gasteiger charge is -2.08. The molecule has 1 saturated carbocycles. The molecule has 0 aliphatic heterocycles. The highest BCUT2D eigenvalue weighted by Crippen LogP contribution is 2.51. The molecule has 1 fully saturated rings. The van der Waals surface area contributed by atoms with Crippen LogP contribution in [-0.4, -0.2) is 20.0 Å². The van der Waals surface area contributed by atoms with Crippen LogP contribution in [-0.2, 0) is 10.0 Å². The lowest BCUT2D eigenvalue weighted by molar-refractivity contribution is 0.537. The smallest absolute Gasteiger partial charge is 0.240 e. The van der Waals surface area contributed by atoms with Gasteiger partial charge < -0.3 is 5.73 Å². The monoisotopic (exact) mass is 298 g/mol. The van der Waals surface area contributed by atoms with Gasteiger partial charge in [-0.2, -0.15) is 0 Å². The van der Waals surface area contributed by atoms with Crippen molar-refractivity contribution in [2.24, 2.45) is 17.1 Å². The topological polar surface area (TPSA) is 72.2 Å². The minimum atomic E-state index is -3.44. The standard InChI is InChI=1S/C13H18N2O2S2/c1-13(2)7-10(13)8-15-19(16,17)11-5-3-9(4-6-11)12(14)18/h3-6,10,15H,7-8H2,1-2H3,(H2,14,18). The predicted octanol–water partition coefficient (Wildman–Crippen LogP) is 1.65. The molecule has 1 aliphatic carbocycles. The van der Waals surface area contributed by atoms with Gasteiger partial charge >= 0.3 is 0 Å². The first-order valence-corrected chi connectivity index (χ1v) is 8.01. The number of thiocarbonyl (C=S) groups is 1. The van der Waals surface area contributed by atoms with Crippen molar-refractivity contribution in [3.05, 3.63) is 29.8 Å². The van der Waals surface area contributed by atoms with Crippen LogP contribution in [0.25, 0.3) is 0 Å². The fourth-order valence-electron chi connectivity index (χ4n) is 2.02. The largest absolute Gasteiger partial charge is 0.389 e. The summed E-state index contributed by atoms with van der Waals surface area (Å²) in [4.78, 5) is 0.502. The van der Waals surface area contributed by atoms with Crippen molar-refractivity contribution >= 4 is 27.2 Å². The van der Waals surface area contributed by atoms with E-state index in [1.807, 2.05) is 0 Å². The van der Waals surface area contributed by atoms with Crippen molar-refractivity contribution < 1.29 is 8.42 Å². The Kier molecular flexibility index (Phi) is 3.68. The Hall–Kier alpha value is -0.980.